The molecular formula is C19H27N3O2. The third kappa shape index (κ3) is 3.61. The first-order valence-electron chi connectivity index (χ1n) is 8.91. The molecule has 0 unspecified atom stereocenters. The molecule has 0 aromatic heterocycles. The van der Waals surface area contributed by atoms with Crippen molar-refractivity contribution in [3.8, 4) is 0 Å². The van der Waals surface area contributed by atoms with E-state index in [2.05, 4.69) is 30.5 Å². The van der Waals surface area contributed by atoms with Crippen LogP contribution >= 0.6 is 0 Å². The maximum Gasteiger partial charge on any atom is 0.239 e. The molecule has 1 saturated heterocycles. The Balaban J connectivity index is 1.60. The lowest BCUT2D eigenvalue weighted by atomic mass is 9.98. The Hall–Kier alpha value is -1.88. The van der Waals surface area contributed by atoms with Gasteiger partial charge in [0, 0.05) is 24.8 Å². The standard InChI is InChI=1S/C19H27N3O2/c1-12-6-8-22(9-7-12)19(24)14(3)20-13(2)15-4-5-17-16(10-15)11-18(23)21-17/h4-5,10,12-14,20H,6-9,11H2,1-3H3,(H,21,23)/t13-,14+/m1/s1. The lowest BCUT2D eigenvalue weighted by molar-refractivity contribution is -0.134. The highest BCUT2D eigenvalue weighted by Gasteiger charge is 2.26. The number of anilines is 1. The zero-order valence-corrected chi connectivity index (χ0v) is 14.8. The molecule has 0 radical (unpaired) electrons. The number of amides is 2. The third-order valence-corrected chi connectivity index (χ3v) is 5.22. The van der Waals surface area contributed by atoms with Gasteiger partial charge >= 0.3 is 0 Å². The minimum Gasteiger partial charge on any atom is -0.341 e. The van der Waals surface area contributed by atoms with E-state index in [0.717, 1.165) is 48.7 Å². The highest BCUT2D eigenvalue weighted by molar-refractivity contribution is 5.99. The van der Waals surface area contributed by atoms with E-state index in [0.29, 0.717) is 6.42 Å². The summed E-state index contributed by atoms with van der Waals surface area (Å²) in [6.07, 6.45) is 2.63. The van der Waals surface area contributed by atoms with Gasteiger partial charge in [0.05, 0.1) is 12.5 Å². The van der Waals surface area contributed by atoms with E-state index in [9.17, 15) is 9.59 Å². The molecule has 0 spiro atoms. The fourth-order valence-corrected chi connectivity index (χ4v) is 3.56. The van der Waals surface area contributed by atoms with Crippen molar-refractivity contribution >= 4 is 17.5 Å². The molecular weight excluding hydrogens is 302 g/mol. The van der Waals surface area contributed by atoms with E-state index in [1.165, 1.54) is 0 Å². The smallest absolute Gasteiger partial charge is 0.239 e. The number of hydrogen-bond donors (Lipinski definition) is 2. The summed E-state index contributed by atoms with van der Waals surface area (Å²) in [5, 5.41) is 6.26. The molecule has 130 valence electrons. The van der Waals surface area contributed by atoms with Crippen molar-refractivity contribution in [3.05, 3.63) is 29.3 Å². The van der Waals surface area contributed by atoms with Crippen molar-refractivity contribution in [1.29, 1.82) is 0 Å². The van der Waals surface area contributed by atoms with E-state index in [1.807, 2.05) is 24.0 Å². The van der Waals surface area contributed by atoms with Crippen LogP contribution in [0, 0.1) is 5.92 Å². The van der Waals surface area contributed by atoms with Gasteiger partial charge in [-0.2, -0.15) is 0 Å². The summed E-state index contributed by atoms with van der Waals surface area (Å²) in [5.74, 6) is 0.955. The Labute approximate surface area is 143 Å². The summed E-state index contributed by atoms with van der Waals surface area (Å²) in [6, 6.07) is 5.88. The largest absolute Gasteiger partial charge is 0.341 e. The van der Waals surface area contributed by atoms with Crippen LogP contribution in [0.25, 0.3) is 0 Å². The van der Waals surface area contributed by atoms with Gasteiger partial charge in [0.1, 0.15) is 0 Å². The minimum atomic E-state index is -0.207. The average Bonchev–Trinajstić information content (AvgIpc) is 2.93. The molecule has 5 nitrogen and oxygen atoms in total. The first-order chi connectivity index (χ1) is 11.4. The number of piperidine rings is 1. The lowest BCUT2D eigenvalue weighted by Crippen LogP contribution is -2.48. The quantitative estimate of drug-likeness (QED) is 0.892. The summed E-state index contributed by atoms with van der Waals surface area (Å²) in [7, 11) is 0. The number of carbonyl (C=O) groups excluding carboxylic acids is 2. The van der Waals surface area contributed by atoms with Gasteiger partial charge in [-0.1, -0.05) is 19.1 Å². The second-order valence-electron chi connectivity index (χ2n) is 7.26. The van der Waals surface area contributed by atoms with Gasteiger partial charge in [-0.15, -0.1) is 0 Å². The van der Waals surface area contributed by atoms with Crippen molar-refractivity contribution in [2.24, 2.45) is 5.92 Å². The molecule has 0 saturated carbocycles. The Morgan fingerprint density at radius 2 is 2.00 bits per heavy atom. The summed E-state index contributed by atoms with van der Waals surface area (Å²) in [5.41, 5.74) is 3.05. The number of likely N-dealkylation sites (tertiary alicyclic amines) is 1. The maximum absolute atomic E-state index is 12.6. The first kappa shape index (κ1) is 17.0. The predicted octanol–water partition coefficient (Wildman–Crippen LogP) is 2.48. The molecule has 5 heteroatoms. The van der Waals surface area contributed by atoms with Crippen LogP contribution in [-0.4, -0.2) is 35.8 Å². The van der Waals surface area contributed by atoms with Gasteiger partial charge in [0.2, 0.25) is 11.8 Å². The molecule has 1 fully saturated rings. The van der Waals surface area contributed by atoms with Crippen LogP contribution in [0.4, 0.5) is 5.69 Å². The van der Waals surface area contributed by atoms with Crippen LogP contribution in [0.2, 0.25) is 0 Å². The number of benzene rings is 1. The zero-order valence-electron chi connectivity index (χ0n) is 14.8. The SMILES string of the molecule is CC1CCN(C(=O)[C@H](C)N[C@H](C)c2ccc3c(c2)CC(=O)N3)CC1. The van der Waals surface area contributed by atoms with E-state index in [1.54, 1.807) is 0 Å². The number of hydrogen-bond acceptors (Lipinski definition) is 3. The number of carbonyl (C=O) groups is 2. The van der Waals surface area contributed by atoms with E-state index in [-0.39, 0.29) is 23.9 Å². The Bertz CT molecular complexity index is 635. The zero-order chi connectivity index (χ0) is 17.3. The van der Waals surface area contributed by atoms with Crippen LogP contribution < -0.4 is 10.6 Å². The maximum atomic E-state index is 12.6. The molecule has 2 aliphatic rings. The van der Waals surface area contributed by atoms with Crippen molar-refractivity contribution in [2.75, 3.05) is 18.4 Å². The second-order valence-corrected chi connectivity index (χ2v) is 7.26. The molecule has 2 N–H and O–H groups in total. The summed E-state index contributed by atoms with van der Waals surface area (Å²) >= 11 is 0. The van der Waals surface area contributed by atoms with Crippen molar-refractivity contribution < 1.29 is 9.59 Å². The summed E-state index contributed by atoms with van der Waals surface area (Å²) in [4.78, 5) is 26.1. The normalized spacial score (nSPS) is 20.5. The van der Waals surface area contributed by atoms with Crippen LogP contribution in [0.15, 0.2) is 18.2 Å². The molecule has 2 aliphatic heterocycles. The van der Waals surface area contributed by atoms with Gasteiger partial charge < -0.3 is 10.2 Å². The number of rotatable bonds is 4. The van der Waals surface area contributed by atoms with Crippen LogP contribution in [-0.2, 0) is 16.0 Å². The fraction of sp³-hybridized carbons (Fsp3) is 0.579. The van der Waals surface area contributed by atoms with Crippen LogP contribution in [0.5, 0.6) is 0 Å². The number of fused-ring (bicyclic) bond motifs is 1. The van der Waals surface area contributed by atoms with E-state index < -0.39 is 0 Å². The van der Waals surface area contributed by atoms with E-state index >= 15 is 0 Å². The predicted molar refractivity (Wildman–Crippen MR) is 94.8 cm³/mol. The van der Waals surface area contributed by atoms with Gasteiger partial charge in [0.15, 0.2) is 0 Å². The molecule has 2 heterocycles. The van der Waals surface area contributed by atoms with Crippen LogP contribution in [0.3, 0.4) is 0 Å². The Morgan fingerprint density at radius 1 is 1.29 bits per heavy atom. The number of nitrogens with one attached hydrogen (secondary N) is 2. The Morgan fingerprint density at radius 3 is 2.71 bits per heavy atom. The summed E-state index contributed by atoms with van der Waals surface area (Å²) < 4.78 is 0. The monoisotopic (exact) mass is 329 g/mol. The molecule has 24 heavy (non-hydrogen) atoms. The molecule has 0 aliphatic carbocycles. The van der Waals surface area contributed by atoms with E-state index in [4.69, 9.17) is 0 Å². The fourth-order valence-electron chi connectivity index (χ4n) is 3.56. The van der Waals surface area contributed by atoms with Gasteiger partial charge in [0.25, 0.3) is 0 Å². The average molecular weight is 329 g/mol. The topological polar surface area (TPSA) is 61.4 Å². The van der Waals surface area contributed by atoms with Crippen molar-refractivity contribution in [1.82, 2.24) is 10.2 Å². The molecule has 1 aromatic carbocycles. The lowest BCUT2D eigenvalue weighted by Gasteiger charge is -2.33. The molecule has 2 amide bonds. The second kappa shape index (κ2) is 6.93. The molecule has 0 bridgehead atoms. The number of nitrogens with zero attached hydrogens (tertiary/aromatic N) is 1. The molecule has 1 aromatic rings. The summed E-state index contributed by atoms with van der Waals surface area (Å²) in [6.45, 7) is 7.99. The highest BCUT2D eigenvalue weighted by Crippen LogP contribution is 2.26. The third-order valence-electron chi connectivity index (χ3n) is 5.22. The van der Waals surface area contributed by atoms with Crippen molar-refractivity contribution in [2.45, 2.75) is 52.1 Å². The Kier molecular flexibility index (Phi) is 4.90. The van der Waals surface area contributed by atoms with Crippen molar-refractivity contribution in [3.63, 3.8) is 0 Å². The highest BCUT2D eigenvalue weighted by atomic mass is 16.2. The van der Waals surface area contributed by atoms with Crippen LogP contribution in [0.1, 0.15) is 50.8 Å². The van der Waals surface area contributed by atoms with Gasteiger partial charge in [-0.25, -0.2) is 0 Å². The van der Waals surface area contributed by atoms with Gasteiger partial charge in [-0.3, -0.25) is 14.9 Å². The molecule has 3 rings (SSSR count). The van der Waals surface area contributed by atoms with Gasteiger partial charge in [-0.05, 0) is 49.8 Å². The molecule has 2 atom stereocenters. The minimum absolute atomic E-state index is 0.0469. The first-order valence-corrected chi connectivity index (χ1v) is 8.91.